The van der Waals surface area contributed by atoms with Crippen LogP contribution in [0.1, 0.15) is 82.1 Å². The molecule has 0 aliphatic rings. The number of anilines is 2. The highest BCUT2D eigenvalue weighted by atomic mass is 16.5. The van der Waals surface area contributed by atoms with E-state index in [2.05, 4.69) is 32.7 Å². The number of hydrogen-bond acceptors (Lipinski definition) is 12. The molecular formula is C55H66N6O8. The lowest BCUT2D eigenvalue weighted by Crippen LogP contribution is -2.17. The third-order valence-corrected chi connectivity index (χ3v) is 11.8. The van der Waals surface area contributed by atoms with Crippen LogP contribution in [0.5, 0.6) is 34.5 Å². The molecule has 364 valence electrons. The topological polar surface area (TPSA) is 171 Å². The summed E-state index contributed by atoms with van der Waals surface area (Å²) in [7, 11) is 8.07. The van der Waals surface area contributed by atoms with Gasteiger partial charge in [-0.3, -0.25) is 9.59 Å². The molecule has 8 aromatic rings. The Morgan fingerprint density at radius 3 is 1.25 bits per heavy atom. The van der Waals surface area contributed by atoms with Gasteiger partial charge in [-0.15, -0.1) is 0 Å². The van der Waals surface area contributed by atoms with Crippen LogP contribution in [0.3, 0.4) is 0 Å². The fourth-order valence-electron chi connectivity index (χ4n) is 8.54. The molecule has 0 bridgehead atoms. The van der Waals surface area contributed by atoms with Crippen molar-refractivity contribution in [2.75, 3.05) is 65.9 Å². The monoisotopic (exact) mass is 938 g/mol. The first-order valence-corrected chi connectivity index (χ1v) is 23.7. The number of rotatable bonds is 17. The average molecular weight is 939 g/mol. The van der Waals surface area contributed by atoms with Gasteiger partial charge in [0.05, 0.1) is 53.2 Å². The first-order chi connectivity index (χ1) is 33.5. The van der Waals surface area contributed by atoms with Gasteiger partial charge in [0.15, 0.2) is 23.0 Å². The van der Waals surface area contributed by atoms with Crippen molar-refractivity contribution in [3.63, 3.8) is 0 Å². The zero-order valence-corrected chi connectivity index (χ0v) is 42.0. The van der Waals surface area contributed by atoms with E-state index in [9.17, 15) is 9.59 Å². The van der Waals surface area contributed by atoms with Gasteiger partial charge < -0.3 is 49.0 Å². The largest absolute Gasteiger partial charge is 0.497 e. The summed E-state index contributed by atoms with van der Waals surface area (Å²) in [5.41, 5.74) is 6.44. The van der Waals surface area contributed by atoms with E-state index < -0.39 is 0 Å². The quantitative estimate of drug-likeness (QED) is 0.0682. The first-order valence-electron chi connectivity index (χ1n) is 23.7. The molecule has 0 fully saturated rings. The maximum Gasteiger partial charge on any atom is 0.252 e. The lowest BCUT2D eigenvalue weighted by Gasteiger charge is -2.16. The molecule has 14 nitrogen and oxygen atoms in total. The number of ether oxygens (including phenoxy) is 6. The molecule has 4 aromatic carbocycles. The van der Waals surface area contributed by atoms with Crippen molar-refractivity contribution in [1.29, 1.82) is 0 Å². The summed E-state index contributed by atoms with van der Waals surface area (Å²) in [6.45, 7) is 16.1. The molecule has 0 aliphatic heterocycles. The highest BCUT2D eigenvalue weighted by Crippen LogP contribution is 2.37. The number of aromatic amines is 2. The molecule has 4 aromatic heterocycles. The van der Waals surface area contributed by atoms with Crippen LogP contribution in [0.4, 0.5) is 11.6 Å². The molecule has 0 spiro atoms. The number of H-pyrrole nitrogens is 2. The number of aryl methyl sites for hydroxylation is 2. The number of benzene rings is 4. The van der Waals surface area contributed by atoms with Crippen molar-refractivity contribution in [3.8, 4) is 34.5 Å². The number of nitrogens with zero attached hydrogens (tertiary/aromatic N) is 2. The summed E-state index contributed by atoms with van der Waals surface area (Å²) >= 11 is 0. The Bertz CT molecular complexity index is 3200. The van der Waals surface area contributed by atoms with Gasteiger partial charge in [-0.2, -0.15) is 0 Å². The number of pyridine rings is 4. The van der Waals surface area contributed by atoms with Crippen molar-refractivity contribution >= 4 is 55.0 Å². The summed E-state index contributed by atoms with van der Waals surface area (Å²) in [4.78, 5) is 42.3. The summed E-state index contributed by atoms with van der Waals surface area (Å²) in [5, 5.41) is 12.2. The zero-order valence-electron chi connectivity index (χ0n) is 42.0. The van der Waals surface area contributed by atoms with E-state index in [1.165, 1.54) is 0 Å². The van der Waals surface area contributed by atoms with Crippen LogP contribution in [0, 0.1) is 0 Å². The summed E-state index contributed by atoms with van der Waals surface area (Å²) in [6.07, 6.45) is 2.21. The third-order valence-electron chi connectivity index (χ3n) is 11.8. The minimum Gasteiger partial charge on any atom is -0.497 e. The predicted molar refractivity (Wildman–Crippen MR) is 281 cm³/mol. The van der Waals surface area contributed by atoms with Gasteiger partial charge in [-0.05, 0) is 128 Å². The van der Waals surface area contributed by atoms with Crippen LogP contribution < -0.4 is 50.2 Å². The first kappa shape index (κ1) is 50.9. The standard InChI is InChI=1S/C27H31N3O4.C26H29N3O4.C2H6/c1-6-22-20-15-25(33-5)24(32-4)14-19(20)21(27(31)30-22)13-17-11-16-12-18(34-8-3)9-10-23(16)29-26(17)28-7-2;1-6-21-19-14-24(33-5)23(32-4)13-18(19)20(26(30)29-21)12-16-10-15-11-17(31-3)8-9-22(15)28-25(16)27-7-2;1-2/h9-12,14-15H,6-8,13H2,1-5H3,(H,28,29)(H,30,31);8-11,13-14H,6-7,12H2,1-5H3,(H,27,28)(H,29,30);1-2H3. The highest BCUT2D eigenvalue weighted by molar-refractivity contribution is 5.93. The molecule has 4 heterocycles. The van der Waals surface area contributed by atoms with Crippen molar-refractivity contribution in [3.05, 3.63) is 127 Å². The van der Waals surface area contributed by atoms with Crippen molar-refractivity contribution in [2.45, 2.75) is 74.1 Å². The lowest BCUT2D eigenvalue weighted by molar-refractivity contribution is 0.340. The van der Waals surface area contributed by atoms with Crippen molar-refractivity contribution in [2.24, 2.45) is 0 Å². The van der Waals surface area contributed by atoms with E-state index >= 15 is 0 Å². The van der Waals surface area contributed by atoms with Crippen LogP contribution >= 0.6 is 0 Å². The van der Waals surface area contributed by atoms with E-state index in [0.29, 0.717) is 66.4 Å². The smallest absolute Gasteiger partial charge is 0.252 e. The van der Waals surface area contributed by atoms with E-state index in [-0.39, 0.29) is 11.1 Å². The van der Waals surface area contributed by atoms with Crippen LogP contribution in [0.25, 0.3) is 43.4 Å². The van der Waals surface area contributed by atoms with E-state index in [1.807, 2.05) is 109 Å². The molecule has 4 N–H and O–H groups in total. The van der Waals surface area contributed by atoms with Gasteiger partial charge in [-0.1, -0.05) is 27.7 Å². The van der Waals surface area contributed by atoms with Gasteiger partial charge in [0, 0.05) is 70.0 Å². The van der Waals surface area contributed by atoms with Crippen molar-refractivity contribution in [1.82, 2.24) is 19.9 Å². The van der Waals surface area contributed by atoms with Crippen LogP contribution in [0.2, 0.25) is 0 Å². The SMILES string of the molecule is CC.CCNc1nc2ccc(OC)cc2cc1Cc1c(=O)[nH]c(CC)c2cc(OC)c(OC)cc12.CCNc1nc2ccc(OCC)cc2cc1Cc1c(=O)[nH]c(CC)c2cc(OC)c(OC)cc12. The molecule has 0 saturated carbocycles. The van der Waals surface area contributed by atoms with Gasteiger partial charge in [-0.25, -0.2) is 9.97 Å². The summed E-state index contributed by atoms with van der Waals surface area (Å²) in [5.74, 6) is 5.54. The number of aromatic nitrogens is 4. The molecule has 0 saturated heterocycles. The molecule has 0 amide bonds. The maximum absolute atomic E-state index is 13.3. The minimum absolute atomic E-state index is 0.109. The molecule has 69 heavy (non-hydrogen) atoms. The van der Waals surface area contributed by atoms with Crippen LogP contribution in [0.15, 0.2) is 82.4 Å². The molecule has 0 radical (unpaired) electrons. The van der Waals surface area contributed by atoms with Crippen molar-refractivity contribution < 1.29 is 28.4 Å². The molecule has 0 unspecified atom stereocenters. The fourth-order valence-corrected chi connectivity index (χ4v) is 8.54. The second kappa shape index (κ2) is 23.5. The number of fused-ring (bicyclic) bond motifs is 4. The van der Waals surface area contributed by atoms with Gasteiger partial charge in [0.1, 0.15) is 23.1 Å². The van der Waals surface area contributed by atoms with E-state index in [4.69, 9.17) is 38.4 Å². The normalized spacial score (nSPS) is 10.8. The Morgan fingerprint density at radius 2 is 0.884 bits per heavy atom. The predicted octanol–water partition coefficient (Wildman–Crippen LogP) is 10.8. The Hall–Kier alpha value is -7.48. The molecular weight excluding hydrogens is 873 g/mol. The zero-order chi connectivity index (χ0) is 49.8. The van der Waals surface area contributed by atoms with E-state index in [0.717, 1.165) is 102 Å². The Kier molecular flexibility index (Phi) is 17.3. The lowest BCUT2D eigenvalue weighted by atomic mass is 9.97. The van der Waals surface area contributed by atoms with Gasteiger partial charge in [0.25, 0.3) is 11.1 Å². The minimum atomic E-state index is -0.111. The number of methoxy groups -OCH3 is 5. The Balaban J connectivity index is 0.000000219. The second-order valence-electron chi connectivity index (χ2n) is 15.8. The Morgan fingerprint density at radius 1 is 0.493 bits per heavy atom. The number of hydrogen-bond donors (Lipinski definition) is 4. The molecule has 8 rings (SSSR count). The Labute approximate surface area is 403 Å². The van der Waals surface area contributed by atoms with E-state index in [1.54, 1.807) is 35.5 Å². The summed E-state index contributed by atoms with van der Waals surface area (Å²) in [6, 6.07) is 23.5. The summed E-state index contributed by atoms with van der Waals surface area (Å²) < 4.78 is 33.2. The highest BCUT2D eigenvalue weighted by Gasteiger charge is 2.20. The van der Waals surface area contributed by atoms with Gasteiger partial charge in [0.2, 0.25) is 0 Å². The van der Waals surface area contributed by atoms with Gasteiger partial charge >= 0.3 is 0 Å². The van der Waals surface area contributed by atoms with Crippen LogP contribution in [-0.4, -0.2) is 75.2 Å². The third kappa shape index (κ3) is 11.0. The second-order valence-corrected chi connectivity index (χ2v) is 15.8. The van der Waals surface area contributed by atoms with Crippen LogP contribution in [-0.2, 0) is 25.7 Å². The average Bonchev–Trinajstić information content (AvgIpc) is 3.37. The number of nitrogens with one attached hydrogen (secondary N) is 4. The maximum atomic E-state index is 13.3. The molecule has 14 heteroatoms. The molecule has 0 aliphatic carbocycles. The molecule has 0 atom stereocenters. The fraction of sp³-hybridized carbons (Fsp3) is 0.345.